The standard InChI is InChI=1S/C16H12N8O/c1-18-8-10-4-2-5-11(19-10)9-24-15-14(22-23-24)13(20-16(17)21-15)12-6-3-7-25-12/h2-7H,8-9H2,(H2,17,20,21). The van der Waals surface area contributed by atoms with Gasteiger partial charge in [0.15, 0.2) is 16.9 Å². The number of hydrogen-bond acceptors (Lipinski definition) is 7. The molecule has 0 fully saturated rings. The molecular formula is C16H12N8O. The monoisotopic (exact) mass is 332 g/mol. The summed E-state index contributed by atoms with van der Waals surface area (Å²) in [5, 5.41) is 8.31. The second-order valence-corrected chi connectivity index (χ2v) is 5.26. The molecule has 0 saturated heterocycles. The highest BCUT2D eigenvalue weighted by Crippen LogP contribution is 2.25. The van der Waals surface area contributed by atoms with Gasteiger partial charge in [0.2, 0.25) is 5.95 Å². The van der Waals surface area contributed by atoms with Gasteiger partial charge in [0.1, 0.15) is 11.4 Å². The highest BCUT2D eigenvalue weighted by molar-refractivity contribution is 5.85. The Morgan fingerprint density at radius 1 is 1.12 bits per heavy atom. The molecule has 0 aliphatic carbocycles. The van der Waals surface area contributed by atoms with Gasteiger partial charge in [-0.25, -0.2) is 21.2 Å². The number of aromatic nitrogens is 6. The van der Waals surface area contributed by atoms with Crippen LogP contribution in [0.3, 0.4) is 0 Å². The molecule has 122 valence electrons. The van der Waals surface area contributed by atoms with E-state index in [2.05, 4.69) is 30.1 Å². The van der Waals surface area contributed by atoms with Gasteiger partial charge in [0.25, 0.3) is 6.54 Å². The van der Waals surface area contributed by atoms with E-state index in [0.29, 0.717) is 34.9 Å². The van der Waals surface area contributed by atoms with Gasteiger partial charge in [-0.05, 0) is 24.3 Å². The van der Waals surface area contributed by atoms with Crippen molar-refractivity contribution in [2.24, 2.45) is 0 Å². The number of hydrogen-bond donors (Lipinski definition) is 1. The van der Waals surface area contributed by atoms with Gasteiger partial charge in [0.05, 0.1) is 18.5 Å². The van der Waals surface area contributed by atoms with E-state index in [9.17, 15) is 0 Å². The summed E-state index contributed by atoms with van der Waals surface area (Å²) in [5.74, 6) is 0.653. The Morgan fingerprint density at radius 3 is 2.80 bits per heavy atom. The first kappa shape index (κ1) is 14.8. The van der Waals surface area contributed by atoms with Gasteiger partial charge in [-0.15, -0.1) is 5.10 Å². The minimum Gasteiger partial charge on any atom is -0.463 e. The maximum atomic E-state index is 6.95. The van der Waals surface area contributed by atoms with Crippen LogP contribution < -0.4 is 5.73 Å². The molecule has 25 heavy (non-hydrogen) atoms. The zero-order chi connectivity index (χ0) is 17.2. The van der Waals surface area contributed by atoms with Crippen molar-refractivity contribution in [1.82, 2.24) is 29.9 Å². The average Bonchev–Trinajstić information content (AvgIpc) is 3.26. The van der Waals surface area contributed by atoms with Crippen LogP contribution in [0.1, 0.15) is 11.4 Å². The van der Waals surface area contributed by atoms with Crippen LogP contribution in [0.5, 0.6) is 0 Å². The van der Waals surface area contributed by atoms with Gasteiger partial charge >= 0.3 is 0 Å². The van der Waals surface area contributed by atoms with Crippen LogP contribution in [0.25, 0.3) is 27.5 Å². The SMILES string of the molecule is [C-]#[N+]Cc1cccc(Cn2nnc3c(-c4ccco4)nc(N)nc32)n1. The Balaban J connectivity index is 1.77. The summed E-state index contributed by atoms with van der Waals surface area (Å²) < 4.78 is 6.99. The van der Waals surface area contributed by atoms with Crippen LogP contribution in [0, 0.1) is 6.57 Å². The lowest BCUT2D eigenvalue weighted by atomic mass is 10.3. The largest absolute Gasteiger partial charge is 0.463 e. The molecule has 0 aliphatic rings. The summed E-state index contributed by atoms with van der Waals surface area (Å²) in [4.78, 5) is 16.3. The quantitative estimate of drug-likeness (QED) is 0.568. The summed E-state index contributed by atoms with van der Waals surface area (Å²) in [7, 11) is 0. The molecule has 4 aromatic rings. The lowest BCUT2D eigenvalue weighted by molar-refractivity contribution is 0.580. The molecule has 4 heterocycles. The molecule has 0 saturated carbocycles. The number of nitrogens with two attached hydrogens (primary N) is 1. The highest BCUT2D eigenvalue weighted by atomic mass is 16.3. The normalized spacial score (nSPS) is 10.8. The molecule has 4 rings (SSSR count). The van der Waals surface area contributed by atoms with E-state index in [1.54, 1.807) is 23.1 Å². The maximum Gasteiger partial charge on any atom is 0.256 e. The minimum atomic E-state index is 0.108. The molecule has 0 aromatic carbocycles. The lowest BCUT2D eigenvalue weighted by Crippen LogP contribution is -2.07. The predicted octanol–water partition coefficient (Wildman–Crippen LogP) is 1.93. The van der Waals surface area contributed by atoms with Crippen molar-refractivity contribution in [2.75, 3.05) is 5.73 Å². The molecule has 0 spiro atoms. The van der Waals surface area contributed by atoms with E-state index < -0.39 is 0 Å². The first-order valence-corrected chi connectivity index (χ1v) is 7.43. The molecule has 9 heteroatoms. The van der Waals surface area contributed by atoms with Crippen molar-refractivity contribution in [1.29, 1.82) is 0 Å². The number of nitrogen functional groups attached to an aromatic ring is 1. The molecule has 0 aliphatic heterocycles. The van der Waals surface area contributed by atoms with E-state index in [0.717, 1.165) is 5.69 Å². The highest BCUT2D eigenvalue weighted by Gasteiger charge is 2.17. The fourth-order valence-electron chi connectivity index (χ4n) is 2.50. The van der Waals surface area contributed by atoms with Crippen molar-refractivity contribution >= 4 is 17.1 Å². The number of anilines is 1. The Morgan fingerprint density at radius 2 is 2.00 bits per heavy atom. The van der Waals surface area contributed by atoms with E-state index >= 15 is 0 Å². The third-order valence-corrected chi connectivity index (χ3v) is 3.55. The van der Waals surface area contributed by atoms with Gasteiger partial charge in [-0.2, -0.15) is 4.98 Å². The zero-order valence-electron chi connectivity index (χ0n) is 13.0. The molecule has 9 nitrogen and oxygen atoms in total. The lowest BCUT2D eigenvalue weighted by Gasteiger charge is -2.04. The van der Waals surface area contributed by atoms with Crippen molar-refractivity contribution in [3.8, 4) is 11.5 Å². The third-order valence-electron chi connectivity index (χ3n) is 3.55. The van der Waals surface area contributed by atoms with E-state index in [1.807, 2.05) is 18.2 Å². The molecule has 0 bridgehead atoms. The van der Waals surface area contributed by atoms with E-state index in [1.165, 1.54) is 0 Å². The van der Waals surface area contributed by atoms with Crippen LogP contribution in [-0.4, -0.2) is 29.9 Å². The van der Waals surface area contributed by atoms with Crippen LogP contribution >= 0.6 is 0 Å². The van der Waals surface area contributed by atoms with Crippen molar-refractivity contribution in [3.63, 3.8) is 0 Å². The molecule has 4 aromatic heterocycles. The van der Waals surface area contributed by atoms with Gasteiger partial charge in [-0.3, -0.25) is 0 Å². The summed E-state index contributed by atoms with van der Waals surface area (Å²) in [6.45, 7) is 7.55. The topological polar surface area (TPSA) is 113 Å². The summed E-state index contributed by atoms with van der Waals surface area (Å²) in [5.41, 5.74) is 8.79. The fourth-order valence-corrected chi connectivity index (χ4v) is 2.50. The third kappa shape index (κ3) is 2.76. The molecule has 0 unspecified atom stereocenters. The number of fused-ring (bicyclic) bond motifs is 1. The number of furan rings is 1. The fraction of sp³-hybridized carbons (Fsp3) is 0.125. The summed E-state index contributed by atoms with van der Waals surface area (Å²) in [6, 6.07) is 9.07. The summed E-state index contributed by atoms with van der Waals surface area (Å²) in [6.07, 6.45) is 1.55. The van der Waals surface area contributed by atoms with Gasteiger partial charge < -0.3 is 15.0 Å². The van der Waals surface area contributed by atoms with Crippen LogP contribution in [0.15, 0.2) is 41.0 Å². The molecule has 2 N–H and O–H groups in total. The first-order valence-electron chi connectivity index (χ1n) is 7.43. The average molecular weight is 332 g/mol. The molecular weight excluding hydrogens is 320 g/mol. The second-order valence-electron chi connectivity index (χ2n) is 5.26. The Kier molecular flexibility index (Phi) is 3.55. The Labute approximate surface area is 142 Å². The Bertz CT molecular complexity index is 1080. The number of pyridine rings is 1. The second kappa shape index (κ2) is 6.01. The van der Waals surface area contributed by atoms with Crippen LogP contribution in [-0.2, 0) is 13.1 Å². The number of rotatable bonds is 4. The first-order chi connectivity index (χ1) is 12.2. The van der Waals surface area contributed by atoms with Gasteiger partial charge in [-0.1, -0.05) is 11.3 Å². The van der Waals surface area contributed by atoms with E-state index in [-0.39, 0.29) is 12.5 Å². The van der Waals surface area contributed by atoms with Crippen molar-refractivity contribution < 1.29 is 4.42 Å². The summed E-state index contributed by atoms with van der Waals surface area (Å²) >= 11 is 0. The zero-order valence-corrected chi connectivity index (χ0v) is 13.0. The Hall–Kier alpha value is -3.80. The molecule has 0 amide bonds. The van der Waals surface area contributed by atoms with Crippen LogP contribution in [0.4, 0.5) is 5.95 Å². The maximum absolute atomic E-state index is 6.95. The smallest absolute Gasteiger partial charge is 0.256 e. The van der Waals surface area contributed by atoms with E-state index in [4.69, 9.17) is 16.7 Å². The van der Waals surface area contributed by atoms with Crippen molar-refractivity contribution in [3.05, 3.63) is 59.4 Å². The van der Waals surface area contributed by atoms with Crippen molar-refractivity contribution in [2.45, 2.75) is 13.1 Å². The minimum absolute atomic E-state index is 0.108. The molecule has 0 radical (unpaired) electrons. The number of nitrogens with zero attached hydrogens (tertiary/aromatic N) is 7. The predicted molar refractivity (Wildman–Crippen MR) is 88.9 cm³/mol. The molecule has 0 atom stereocenters. The van der Waals surface area contributed by atoms with Crippen LogP contribution in [0.2, 0.25) is 0 Å². The van der Waals surface area contributed by atoms with Gasteiger partial charge in [0, 0.05) is 0 Å².